The molecule has 6 heteroatoms. The Morgan fingerprint density at radius 3 is 2.54 bits per heavy atom. The first-order valence-electron chi connectivity index (χ1n) is 7.43. The molecule has 0 spiro atoms. The van der Waals surface area contributed by atoms with E-state index in [1.807, 2.05) is 50.4 Å². The average molecular weight is 339 g/mol. The minimum Gasteiger partial charge on any atom is -0.403 e. The normalized spacial score (nSPS) is 10.6. The highest BCUT2D eigenvalue weighted by molar-refractivity contribution is 7.98. The maximum absolute atomic E-state index is 12.2. The molecule has 1 aromatic heterocycles. The van der Waals surface area contributed by atoms with Crippen LogP contribution in [0.15, 0.2) is 51.8 Å². The highest BCUT2D eigenvalue weighted by Crippen LogP contribution is 2.25. The maximum atomic E-state index is 12.2. The molecule has 0 bridgehead atoms. The smallest absolute Gasteiger partial charge is 0.322 e. The van der Waals surface area contributed by atoms with E-state index in [1.54, 1.807) is 23.9 Å². The van der Waals surface area contributed by atoms with E-state index in [0.29, 0.717) is 11.5 Å². The van der Waals surface area contributed by atoms with E-state index in [2.05, 4.69) is 15.5 Å². The average Bonchev–Trinajstić information content (AvgIpc) is 3.05. The molecule has 5 nitrogen and oxygen atoms in total. The van der Waals surface area contributed by atoms with Gasteiger partial charge in [0, 0.05) is 16.0 Å². The Labute approximate surface area is 144 Å². The van der Waals surface area contributed by atoms with Crippen molar-refractivity contribution < 1.29 is 9.21 Å². The number of aryl methyl sites for hydroxylation is 2. The lowest BCUT2D eigenvalue weighted by Gasteiger charge is -2.03. The number of hydrogen-bond acceptors (Lipinski definition) is 5. The highest BCUT2D eigenvalue weighted by Gasteiger charge is 2.14. The highest BCUT2D eigenvalue weighted by atomic mass is 32.2. The van der Waals surface area contributed by atoms with Crippen molar-refractivity contribution in [2.45, 2.75) is 18.7 Å². The molecule has 122 valence electrons. The van der Waals surface area contributed by atoms with Gasteiger partial charge < -0.3 is 4.42 Å². The van der Waals surface area contributed by atoms with E-state index in [1.165, 1.54) is 0 Å². The van der Waals surface area contributed by atoms with Crippen molar-refractivity contribution in [1.82, 2.24) is 10.2 Å². The molecule has 0 unspecified atom stereocenters. The van der Waals surface area contributed by atoms with Gasteiger partial charge in [-0.2, -0.15) is 0 Å². The summed E-state index contributed by atoms with van der Waals surface area (Å²) >= 11 is 1.62. The summed E-state index contributed by atoms with van der Waals surface area (Å²) in [5, 5.41) is 10.6. The van der Waals surface area contributed by atoms with Crippen LogP contribution in [0.3, 0.4) is 0 Å². The fraction of sp³-hybridized carbons (Fsp3) is 0.167. The van der Waals surface area contributed by atoms with Crippen LogP contribution >= 0.6 is 11.8 Å². The van der Waals surface area contributed by atoms with Gasteiger partial charge in [0.2, 0.25) is 5.89 Å². The second-order valence-corrected chi connectivity index (χ2v) is 6.29. The molecule has 0 atom stereocenters. The SMILES string of the molecule is CSc1ccc(C(=O)Nc2nnc(-c3cc(C)ccc3C)o2)cc1. The molecule has 3 rings (SSSR count). The molecular formula is C18H17N3O2S. The third kappa shape index (κ3) is 3.49. The van der Waals surface area contributed by atoms with E-state index >= 15 is 0 Å². The first-order valence-corrected chi connectivity index (χ1v) is 8.66. The van der Waals surface area contributed by atoms with Gasteiger partial charge in [-0.05, 0) is 56.0 Å². The Bertz CT molecular complexity index is 872. The predicted octanol–water partition coefficient (Wildman–Crippen LogP) is 4.33. The van der Waals surface area contributed by atoms with Crippen LogP contribution in [0.4, 0.5) is 6.01 Å². The van der Waals surface area contributed by atoms with Gasteiger partial charge in [-0.3, -0.25) is 10.1 Å². The number of nitrogens with zero attached hydrogens (tertiary/aromatic N) is 2. The number of benzene rings is 2. The van der Waals surface area contributed by atoms with Crippen LogP contribution in [-0.2, 0) is 0 Å². The number of carbonyl (C=O) groups excluding carboxylic acids is 1. The Morgan fingerprint density at radius 1 is 1.08 bits per heavy atom. The summed E-state index contributed by atoms with van der Waals surface area (Å²) in [6.45, 7) is 3.98. The number of anilines is 1. The fourth-order valence-corrected chi connectivity index (χ4v) is 2.67. The van der Waals surface area contributed by atoms with Crippen LogP contribution in [-0.4, -0.2) is 22.4 Å². The number of nitrogens with one attached hydrogen (secondary N) is 1. The third-order valence-electron chi connectivity index (χ3n) is 3.62. The monoisotopic (exact) mass is 339 g/mol. The Hall–Kier alpha value is -2.60. The molecule has 0 fully saturated rings. The standard InChI is InChI=1S/C18H17N3O2S/c1-11-4-5-12(2)15(10-11)17-20-21-18(23-17)19-16(22)13-6-8-14(24-3)9-7-13/h4-10H,1-3H3,(H,19,21,22). The van der Waals surface area contributed by atoms with Crippen LogP contribution in [0, 0.1) is 13.8 Å². The van der Waals surface area contributed by atoms with Gasteiger partial charge in [-0.15, -0.1) is 16.9 Å². The summed E-state index contributed by atoms with van der Waals surface area (Å²) < 4.78 is 5.58. The molecule has 24 heavy (non-hydrogen) atoms. The number of thioether (sulfide) groups is 1. The van der Waals surface area contributed by atoms with Gasteiger partial charge in [-0.1, -0.05) is 22.8 Å². The lowest BCUT2D eigenvalue weighted by atomic mass is 10.1. The molecule has 1 amide bonds. The largest absolute Gasteiger partial charge is 0.403 e. The molecule has 0 aliphatic carbocycles. The number of carbonyl (C=O) groups is 1. The summed E-state index contributed by atoms with van der Waals surface area (Å²) in [6, 6.07) is 13.4. The van der Waals surface area contributed by atoms with E-state index in [4.69, 9.17) is 4.42 Å². The zero-order valence-electron chi connectivity index (χ0n) is 13.7. The number of aromatic nitrogens is 2. The van der Waals surface area contributed by atoms with Crippen molar-refractivity contribution in [1.29, 1.82) is 0 Å². The van der Waals surface area contributed by atoms with Gasteiger partial charge in [0.15, 0.2) is 0 Å². The predicted molar refractivity (Wildman–Crippen MR) is 95.4 cm³/mol. The first-order chi connectivity index (χ1) is 11.6. The van der Waals surface area contributed by atoms with Crippen LogP contribution in [0.1, 0.15) is 21.5 Å². The quantitative estimate of drug-likeness (QED) is 0.717. The van der Waals surface area contributed by atoms with Gasteiger partial charge >= 0.3 is 6.01 Å². The van der Waals surface area contributed by atoms with Crippen molar-refractivity contribution >= 4 is 23.7 Å². The molecular weight excluding hydrogens is 322 g/mol. The minimum absolute atomic E-state index is 0.0878. The lowest BCUT2D eigenvalue weighted by Crippen LogP contribution is -2.11. The zero-order chi connectivity index (χ0) is 17.1. The molecule has 0 aliphatic rings. The van der Waals surface area contributed by atoms with E-state index in [0.717, 1.165) is 21.6 Å². The molecule has 2 aromatic carbocycles. The Kier molecular flexibility index (Phi) is 4.66. The molecule has 0 aliphatic heterocycles. The van der Waals surface area contributed by atoms with Gasteiger partial charge in [0.05, 0.1) is 0 Å². The Morgan fingerprint density at radius 2 is 1.83 bits per heavy atom. The summed E-state index contributed by atoms with van der Waals surface area (Å²) in [4.78, 5) is 13.3. The topological polar surface area (TPSA) is 68.0 Å². The number of rotatable bonds is 4. The minimum atomic E-state index is -0.279. The molecule has 0 saturated carbocycles. The van der Waals surface area contributed by atoms with Crippen LogP contribution in [0.5, 0.6) is 0 Å². The van der Waals surface area contributed by atoms with Crippen LogP contribution in [0.2, 0.25) is 0 Å². The van der Waals surface area contributed by atoms with E-state index in [-0.39, 0.29) is 11.9 Å². The third-order valence-corrected chi connectivity index (χ3v) is 4.36. The summed E-state index contributed by atoms with van der Waals surface area (Å²) in [6.07, 6.45) is 1.99. The molecule has 1 N–H and O–H groups in total. The van der Waals surface area contributed by atoms with Crippen molar-refractivity contribution in [2.24, 2.45) is 0 Å². The maximum Gasteiger partial charge on any atom is 0.322 e. The van der Waals surface area contributed by atoms with E-state index < -0.39 is 0 Å². The van der Waals surface area contributed by atoms with Gasteiger partial charge in [0.25, 0.3) is 5.91 Å². The fourth-order valence-electron chi connectivity index (χ4n) is 2.26. The van der Waals surface area contributed by atoms with Crippen molar-refractivity contribution in [3.05, 3.63) is 59.2 Å². The number of hydrogen-bond donors (Lipinski definition) is 1. The summed E-state index contributed by atoms with van der Waals surface area (Å²) in [5.41, 5.74) is 3.55. The van der Waals surface area contributed by atoms with Crippen molar-refractivity contribution in [3.8, 4) is 11.5 Å². The van der Waals surface area contributed by atoms with Gasteiger partial charge in [-0.25, -0.2) is 0 Å². The van der Waals surface area contributed by atoms with Crippen molar-refractivity contribution in [3.63, 3.8) is 0 Å². The summed E-state index contributed by atoms with van der Waals surface area (Å²) in [5.74, 6) is 0.114. The second-order valence-electron chi connectivity index (χ2n) is 5.41. The second kappa shape index (κ2) is 6.88. The zero-order valence-corrected chi connectivity index (χ0v) is 14.5. The number of amides is 1. The molecule has 0 saturated heterocycles. The molecule has 0 radical (unpaired) electrons. The van der Waals surface area contributed by atoms with Crippen LogP contribution < -0.4 is 5.32 Å². The summed E-state index contributed by atoms with van der Waals surface area (Å²) in [7, 11) is 0. The molecule has 1 heterocycles. The first kappa shape index (κ1) is 16.3. The van der Waals surface area contributed by atoms with Gasteiger partial charge in [0.1, 0.15) is 0 Å². The van der Waals surface area contributed by atoms with E-state index in [9.17, 15) is 4.79 Å². The van der Waals surface area contributed by atoms with Crippen LogP contribution in [0.25, 0.3) is 11.5 Å². The lowest BCUT2D eigenvalue weighted by molar-refractivity contribution is 0.102. The molecule has 3 aromatic rings. The van der Waals surface area contributed by atoms with Crippen molar-refractivity contribution in [2.75, 3.05) is 11.6 Å². The Balaban J connectivity index is 1.78.